The Morgan fingerprint density at radius 3 is 3.00 bits per heavy atom. The number of hydrogen-bond acceptors (Lipinski definition) is 2. The summed E-state index contributed by atoms with van der Waals surface area (Å²) in [5, 5.41) is 3.62. The van der Waals surface area contributed by atoms with E-state index >= 15 is 0 Å². The van der Waals surface area contributed by atoms with Crippen LogP contribution in [0.4, 0.5) is 0 Å². The molecule has 0 aromatic heterocycles. The van der Waals surface area contributed by atoms with Gasteiger partial charge in [0.05, 0.1) is 5.02 Å². The van der Waals surface area contributed by atoms with Gasteiger partial charge in [0.25, 0.3) is 5.91 Å². The van der Waals surface area contributed by atoms with Gasteiger partial charge in [-0.1, -0.05) is 18.0 Å². The molecule has 1 heterocycles. The predicted octanol–water partition coefficient (Wildman–Crippen LogP) is 3.32. The fourth-order valence-corrected chi connectivity index (χ4v) is 2.85. The van der Waals surface area contributed by atoms with Crippen LogP contribution in [-0.4, -0.2) is 37.0 Å². The number of nitrogens with zero attached hydrogens (tertiary/aromatic N) is 1. The zero-order chi connectivity index (χ0) is 13.8. The summed E-state index contributed by atoms with van der Waals surface area (Å²) in [5.41, 5.74) is 0.634. The molecule has 1 aromatic carbocycles. The molecular weight excluding hydrogens is 328 g/mol. The van der Waals surface area contributed by atoms with E-state index in [1.807, 2.05) is 0 Å². The average Bonchev–Trinajstić information content (AvgIpc) is 2.40. The van der Waals surface area contributed by atoms with Crippen molar-refractivity contribution >= 4 is 33.4 Å². The van der Waals surface area contributed by atoms with Gasteiger partial charge in [-0.2, -0.15) is 0 Å². The second-order valence-electron chi connectivity index (χ2n) is 4.97. The van der Waals surface area contributed by atoms with Gasteiger partial charge in [-0.15, -0.1) is 0 Å². The third-order valence-corrected chi connectivity index (χ3v) is 4.82. The molecule has 2 rings (SSSR count). The summed E-state index contributed by atoms with van der Waals surface area (Å²) >= 11 is 9.25. The molecular formula is C14H18BrClN2O. The first-order valence-electron chi connectivity index (χ1n) is 6.51. The molecule has 1 aliphatic heterocycles. The summed E-state index contributed by atoms with van der Waals surface area (Å²) in [5.74, 6) is -0.0451. The molecule has 0 spiro atoms. The van der Waals surface area contributed by atoms with Gasteiger partial charge in [-0.3, -0.25) is 4.79 Å². The second-order valence-corrected chi connectivity index (χ2v) is 6.23. The molecule has 1 amide bonds. The third kappa shape index (κ3) is 3.94. The van der Waals surface area contributed by atoms with Crippen molar-refractivity contribution in [3.05, 3.63) is 33.3 Å². The maximum Gasteiger partial charge on any atom is 0.251 e. The van der Waals surface area contributed by atoms with Crippen LogP contribution in [0.15, 0.2) is 22.7 Å². The molecule has 104 valence electrons. The summed E-state index contributed by atoms with van der Waals surface area (Å²) in [4.78, 5) is 14.4. The molecule has 3 nitrogen and oxygen atoms in total. The first kappa shape index (κ1) is 14.8. The number of piperidine rings is 1. The zero-order valence-corrected chi connectivity index (χ0v) is 13.3. The van der Waals surface area contributed by atoms with Gasteiger partial charge in [0, 0.05) is 22.6 Å². The van der Waals surface area contributed by atoms with Crippen LogP contribution in [0.25, 0.3) is 0 Å². The van der Waals surface area contributed by atoms with E-state index in [1.165, 1.54) is 12.8 Å². The van der Waals surface area contributed by atoms with Crippen LogP contribution >= 0.6 is 27.5 Å². The third-order valence-electron chi connectivity index (χ3n) is 3.60. The van der Waals surface area contributed by atoms with Crippen molar-refractivity contribution in [2.75, 3.05) is 20.1 Å². The quantitative estimate of drug-likeness (QED) is 0.911. The zero-order valence-electron chi connectivity index (χ0n) is 11.0. The minimum absolute atomic E-state index is 0.0451. The largest absolute Gasteiger partial charge is 0.350 e. The maximum atomic E-state index is 12.1. The van der Waals surface area contributed by atoms with Gasteiger partial charge in [0.2, 0.25) is 0 Å². The van der Waals surface area contributed by atoms with Crippen molar-refractivity contribution in [3.63, 3.8) is 0 Å². The van der Waals surface area contributed by atoms with E-state index in [4.69, 9.17) is 11.6 Å². The fraction of sp³-hybridized carbons (Fsp3) is 0.500. The molecule has 1 aliphatic rings. The highest BCUT2D eigenvalue weighted by atomic mass is 79.9. The first-order valence-corrected chi connectivity index (χ1v) is 7.68. The van der Waals surface area contributed by atoms with Crippen LogP contribution in [0.3, 0.4) is 0 Å². The number of carbonyl (C=O) groups is 1. The van der Waals surface area contributed by atoms with Crippen LogP contribution < -0.4 is 5.32 Å². The van der Waals surface area contributed by atoms with Crippen molar-refractivity contribution in [2.45, 2.75) is 25.3 Å². The van der Waals surface area contributed by atoms with Crippen molar-refractivity contribution < 1.29 is 4.79 Å². The van der Waals surface area contributed by atoms with Gasteiger partial charge < -0.3 is 10.2 Å². The lowest BCUT2D eigenvalue weighted by Gasteiger charge is -2.32. The second kappa shape index (κ2) is 6.73. The minimum atomic E-state index is -0.0451. The first-order chi connectivity index (χ1) is 9.08. The number of rotatable bonds is 3. The summed E-state index contributed by atoms with van der Waals surface area (Å²) in [6, 6.07) is 5.68. The Kier molecular flexibility index (Phi) is 5.25. The SMILES string of the molecule is CN1CCCCC1CNC(=O)c1ccc(Cl)c(Br)c1. The average molecular weight is 346 g/mol. The van der Waals surface area contributed by atoms with E-state index in [1.54, 1.807) is 18.2 Å². The molecule has 1 saturated heterocycles. The normalized spacial score (nSPS) is 20.3. The van der Waals surface area contributed by atoms with Crippen molar-refractivity contribution in [2.24, 2.45) is 0 Å². The smallest absolute Gasteiger partial charge is 0.251 e. The van der Waals surface area contributed by atoms with E-state index < -0.39 is 0 Å². The van der Waals surface area contributed by atoms with E-state index in [0.29, 0.717) is 23.2 Å². The Bertz CT molecular complexity index is 467. The fourth-order valence-electron chi connectivity index (χ4n) is 2.35. The topological polar surface area (TPSA) is 32.3 Å². The Morgan fingerprint density at radius 2 is 2.32 bits per heavy atom. The summed E-state index contributed by atoms with van der Waals surface area (Å²) in [6.07, 6.45) is 3.66. The van der Waals surface area contributed by atoms with Gasteiger partial charge >= 0.3 is 0 Å². The lowest BCUT2D eigenvalue weighted by atomic mass is 10.0. The molecule has 0 radical (unpaired) electrons. The predicted molar refractivity (Wildman–Crippen MR) is 81.8 cm³/mol. The number of halogens is 2. The number of likely N-dealkylation sites (tertiary alicyclic amines) is 1. The lowest BCUT2D eigenvalue weighted by molar-refractivity contribution is 0.0928. The molecule has 0 saturated carbocycles. The highest BCUT2D eigenvalue weighted by Crippen LogP contribution is 2.23. The lowest BCUT2D eigenvalue weighted by Crippen LogP contribution is -2.44. The standard InChI is InChI=1S/C14H18BrClN2O/c1-18-7-3-2-4-11(18)9-17-14(19)10-5-6-13(16)12(15)8-10/h5-6,8,11H,2-4,7,9H2,1H3,(H,17,19). The van der Waals surface area contributed by atoms with E-state index in [2.05, 4.69) is 33.2 Å². The molecule has 19 heavy (non-hydrogen) atoms. The van der Waals surface area contributed by atoms with Crippen LogP contribution in [0, 0.1) is 0 Å². The number of carbonyl (C=O) groups excluding carboxylic acids is 1. The number of nitrogens with one attached hydrogen (secondary N) is 1. The van der Waals surface area contributed by atoms with Crippen LogP contribution in [0.1, 0.15) is 29.6 Å². The van der Waals surface area contributed by atoms with Gasteiger partial charge in [0.15, 0.2) is 0 Å². The summed E-state index contributed by atoms with van der Waals surface area (Å²) in [6.45, 7) is 1.82. The number of likely N-dealkylation sites (N-methyl/N-ethyl adjacent to an activating group) is 1. The number of benzene rings is 1. The Hall–Kier alpha value is -0.580. The van der Waals surface area contributed by atoms with Gasteiger partial charge in [-0.05, 0) is 60.6 Å². The van der Waals surface area contributed by atoms with Crippen LogP contribution in [0.5, 0.6) is 0 Å². The highest BCUT2D eigenvalue weighted by Gasteiger charge is 2.19. The maximum absolute atomic E-state index is 12.1. The molecule has 0 aliphatic carbocycles. The van der Waals surface area contributed by atoms with E-state index in [-0.39, 0.29) is 5.91 Å². The molecule has 5 heteroatoms. The molecule has 1 N–H and O–H groups in total. The molecule has 1 atom stereocenters. The molecule has 1 aromatic rings. The molecule has 1 fully saturated rings. The van der Waals surface area contributed by atoms with Gasteiger partial charge in [0.1, 0.15) is 0 Å². The summed E-state index contributed by atoms with van der Waals surface area (Å²) in [7, 11) is 2.12. The van der Waals surface area contributed by atoms with Crippen LogP contribution in [-0.2, 0) is 0 Å². The number of amides is 1. The Labute approximate surface area is 127 Å². The van der Waals surface area contributed by atoms with E-state index in [0.717, 1.165) is 17.4 Å². The summed E-state index contributed by atoms with van der Waals surface area (Å²) < 4.78 is 0.747. The molecule has 1 unspecified atom stereocenters. The highest BCUT2D eigenvalue weighted by molar-refractivity contribution is 9.10. The van der Waals surface area contributed by atoms with Gasteiger partial charge in [-0.25, -0.2) is 0 Å². The van der Waals surface area contributed by atoms with Crippen molar-refractivity contribution in [1.82, 2.24) is 10.2 Å². The van der Waals surface area contributed by atoms with E-state index in [9.17, 15) is 4.79 Å². The van der Waals surface area contributed by atoms with Crippen LogP contribution in [0.2, 0.25) is 5.02 Å². The monoisotopic (exact) mass is 344 g/mol. The minimum Gasteiger partial charge on any atom is -0.350 e. The van der Waals surface area contributed by atoms with Crippen molar-refractivity contribution in [1.29, 1.82) is 0 Å². The molecule has 0 bridgehead atoms. The van der Waals surface area contributed by atoms with Crippen molar-refractivity contribution in [3.8, 4) is 0 Å². The number of hydrogen-bond donors (Lipinski definition) is 1. The Morgan fingerprint density at radius 1 is 1.53 bits per heavy atom. The Balaban J connectivity index is 1.91.